The molecule has 5 nitrogen and oxygen atoms in total. The Labute approximate surface area is 273 Å². The van der Waals surface area contributed by atoms with E-state index in [4.69, 9.17) is 33.7 Å². The van der Waals surface area contributed by atoms with Crippen LogP contribution in [0.5, 0.6) is 0 Å². The van der Waals surface area contributed by atoms with E-state index >= 15 is 8.78 Å². The number of ether oxygens (including phenoxy) is 1. The van der Waals surface area contributed by atoms with E-state index in [1.54, 1.807) is 24.3 Å². The van der Waals surface area contributed by atoms with Crippen LogP contribution in [-0.4, -0.2) is 46.7 Å². The first-order chi connectivity index (χ1) is 21.2. The van der Waals surface area contributed by atoms with Crippen LogP contribution in [0.15, 0.2) is 78.4 Å². The molecule has 45 heavy (non-hydrogen) atoms. The van der Waals surface area contributed by atoms with Crippen molar-refractivity contribution < 1.29 is 18.3 Å². The van der Waals surface area contributed by atoms with E-state index in [1.807, 2.05) is 24.8 Å². The number of esters is 1. The number of cyclic esters (lactones) is 1. The second-order valence-corrected chi connectivity index (χ2v) is 14.5. The summed E-state index contributed by atoms with van der Waals surface area (Å²) in [5.41, 5.74) is 7.35. The number of hydrogen-bond acceptors (Lipinski definition) is 5. The zero-order valence-electron chi connectivity index (χ0n) is 26.0. The minimum absolute atomic E-state index is 0.0974. The van der Waals surface area contributed by atoms with E-state index in [0.29, 0.717) is 6.42 Å². The van der Waals surface area contributed by atoms with Gasteiger partial charge < -0.3 is 10.5 Å². The molecular formula is C36H39Cl2F2N3O2. The summed E-state index contributed by atoms with van der Waals surface area (Å²) >= 11 is 12.5. The third kappa shape index (κ3) is 5.61. The van der Waals surface area contributed by atoms with Gasteiger partial charge in [0.1, 0.15) is 17.7 Å². The maximum Gasteiger partial charge on any atom is 0.325 e. The second kappa shape index (κ2) is 11.8. The van der Waals surface area contributed by atoms with Crippen LogP contribution in [0.3, 0.4) is 0 Å². The van der Waals surface area contributed by atoms with Gasteiger partial charge in [0.15, 0.2) is 5.72 Å². The summed E-state index contributed by atoms with van der Waals surface area (Å²) < 4.78 is 37.9. The summed E-state index contributed by atoms with van der Waals surface area (Å²) in [4.78, 5) is 18.1. The average Bonchev–Trinajstić information content (AvgIpc) is 3.37. The Morgan fingerprint density at radius 1 is 1.04 bits per heavy atom. The summed E-state index contributed by atoms with van der Waals surface area (Å²) in [6.45, 7) is 10.5. The van der Waals surface area contributed by atoms with Crippen LogP contribution < -0.4 is 5.73 Å². The molecule has 2 fully saturated rings. The van der Waals surface area contributed by atoms with Gasteiger partial charge in [0.2, 0.25) is 0 Å². The highest BCUT2D eigenvalue weighted by atomic mass is 35.5. The van der Waals surface area contributed by atoms with Gasteiger partial charge >= 0.3 is 5.97 Å². The highest BCUT2D eigenvalue weighted by Crippen LogP contribution is 2.59. The molecule has 0 spiro atoms. The van der Waals surface area contributed by atoms with E-state index in [-0.39, 0.29) is 21.2 Å². The van der Waals surface area contributed by atoms with Crippen molar-refractivity contribution in [3.8, 4) is 0 Å². The molecule has 0 aliphatic carbocycles. The molecule has 3 aromatic rings. The van der Waals surface area contributed by atoms with E-state index in [2.05, 4.69) is 49.1 Å². The Kier molecular flexibility index (Phi) is 8.41. The molecule has 3 aliphatic heterocycles. The molecule has 0 aromatic heterocycles. The largest absolute Gasteiger partial charge is 0.443 e. The molecule has 0 bridgehead atoms. The average molecular weight is 655 g/mol. The lowest BCUT2D eigenvalue weighted by Crippen LogP contribution is -2.57. The van der Waals surface area contributed by atoms with Gasteiger partial charge in [0.05, 0.1) is 10.6 Å². The monoisotopic (exact) mass is 653 g/mol. The van der Waals surface area contributed by atoms with Crippen molar-refractivity contribution in [1.82, 2.24) is 9.80 Å². The van der Waals surface area contributed by atoms with Gasteiger partial charge in [-0.25, -0.2) is 13.7 Å². The fourth-order valence-electron chi connectivity index (χ4n) is 7.94. The number of halogens is 4. The SMILES string of the molecule is CC(C)(CC1N2C(C(=O)OC2(C)C)C(c2cccc(Cl)c2F)C1(N)c1ccc(Cl)cc1F)C1=CCN(Cc2ccccc2)CC1. The Morgan fingerprint density at radius 2 is 1.78 bits per heavy atom. The zero-order valence-corrected chi connectivity index (χ0v) is 27.5. The lowest BCUT2D eigenvalue weighted by atomic mass is 9.66. The van der Waals surface area contributed by atoms with Crippen molar-refractivity contribution in [2.24, 2.45) is 11.1 Å². The molecule has 2 saturated heterocycles. The molecule has 238 valence electrons. The molecule has 0 radical (unpaired) electrons. The Balaban J connectivity index is 1.44. The molecule has 4 unspecified atom stereocenters. The van der Waals surface area contributed by atoms with Gasteiger partial charge in [-0.3, -0.25) is 9.69 Å². The third-order valence-corrected chi connectivity index (χ3v) is 10.6. The summed E-state index contributed by atoms with van der Waals surface area (Å²) in [5.74, 6) is -2.81. The predicted octanol–water partition coefficient (Wildman–Crippen LogP) is 7.80. The highest BCUT2D eigenvalue weighted by Gasteiger charge is 2.69. The molecule has 3 aliphatic rings. The maximum absolute atomic E-state index is 16.0. The molecule has 4 atom stereocenters. The van der Waals surface area contributed by atoms with Crippen LogP contribution in [0.25, 0.3) is 0 Å². The summed E-state index contributed by atoms with van der Waals surface area (Å²) in [7, 11) is 0. The van der Waals surface area contributed by atoms with Crippen LogP contribution in [0.1, 0.15) is 63.1 Å². The maximum atomic E-state index is 16.0. The Morgan fingerprint density at radius 3 is 2.44 bits per heavy atom. The zero-order chi connectivity index (χ0) is 32.3. The van der Waals surface area contributed by atoms with Crippen LogP contribution >= 0.6 is 23.2 Å². The summed E-state index contributed by atoms with van der Waals surface area (Å²) in [6, 6.07) is 17.8. The lowest BCUT2D eigenvalue weighted by Gasteiger charge is -2.46. The second-order valence-electron chi connectivity index (χ2n) is 13.7. The van der Waals surface area contributed by atoms with Gasteiger partial charge in [0, 0.05) is 42.2 Å². The Bertz CT molecular complexity index is 1650. The number of hydrogen-bond donors (Lipinski definition) is 1. The van der Waals surface area contributed by atoms with Crippen molar-refractivity contribution in [2.45, 2.75) is 76.3 Å². The molecule has 9 heteroatoms. The molecular weight excluding hydrogens is 615 g/mol. The van der Waals surface area contributed by atoms with Gasteiger partial charge in [-0.2, -0.15) is 0 Å². The van der Waals surface area contributed by atoms with Crippen molar-refractivity contribution in [2.75, 3.05) is 13.1 Å². The minimum atomic E-state index is -1.55. The number of nitrogens with zero attached hydrogens (tertiary/aromatic N) is 2. The number of benzene rings is 3. The van der Waals surface area contributed by atoms with E-state index in [9.17, 15) is 4.79 Å². The van der Waals surface area contributed by atoms with Crippen molar-refractivity contribution in [3.05, 3.63) is 117 Å². The molecule has 3 aromatic carbocycles. The third-order valence-electron chi connectivity index (χ3n) is 10.1. The van der Waals surface area contributed by atoms with Gasteiger partial charge in [0.25, 0.3) is 0 Å². The fourth-order valence-corrected chi connectivity index (χ4v) is 8.28. The predicted molar refractivity (Wildman–Crippen MR) is 174 cm³/mol. The number of nitrogens with two attached hydrogens (primary N) is 1. The summed E-state index contributed by atoms with van der Waals surface area (Å²) in [5, 5.41) is 0.118. The van der Waals surface area contributed by atoms with Gasteiger partial charge in [-0.05, 0) is 61.4 Å². The molecule has 2 N–H and O–H groups in total. The van der Waals surface area contributed by atoms with Crippen molar-refractivity contribution >= 4 is 29.2 Å². The van der Waals surface area contributed by atoms with Crippen LogP contribution in [0, 0.1) is 17.0 Å². The minimum Gasteiger partial charge on any atom is -0.443 e. The molecule has 6 rings (SSSR count). The van der Waals surface area contributed by atoms with E-state index < -0.39 is 52.3 Å². The smallest absolute Gasteiger partial charge is 0.325 e. The first-order valence-electron chi connectivity index (χ1n) is 15.4. The van der Waals surface area contributed by atoms with Gasteiger partial charge in [-0.1, -0.05) is 97.2 Å². The topological polar surface area (TPSA) is 58.8 Å². The Hall–Kier alpha value is -2.81. The summed E-state index contributed by atoms with van der Waals surface area (Å²) in [6.07, 6.45) is 3.60. The van der Waals surface area contributed by atoms with Crippen molar-refractivity contribution in [3.63, 3.8) is 0 Å². The van der Waals surface area contributed by atoms with E-state index in [1.165, 1.54) is 23.3 Å². The highest BCUT2D eigenvalue weighted by molar-refractivity contribution is 6.31. The standard InChI is InChI=1S/C36H39Cl2F2N3O2/c1-34(2,23-15-17-42(18-16-23)21-22-9-6-5-7-10-22)20-29-36(41,26-14-13-24(37)19-28(26)39)30(25-11-8-12-27(38)31(25)40)32-33(44)45-35(3,4)43(29)32/h5-15,19,29-30,32H,16-18,20-21,41H2,1-4H3. The number of carbonyl (C=O) groups is 1. The molecule has 3 heterocycles. The van der Waals surface area contributed by atoms with Crippen molar-refractivity contribution in [1.29, 1.82) is 0 Å². The molecule has 0 amide bonds. The number of carbonyl (C=O) groups excluding carboxylic acids is 1. The van der Waals surface area contributed by atoms with Crippen LogP contribution in [-0.2, 0) is 21.6 Å². The van der Waals surface area contributed by atoms with E-state index in [0.717, 1.165) is 26.1 Å². The molecule has 0 saturated carbocycles. The first kappa shape index (κ1) is 32.1. The van der Waals surface area contributed by atoms with Crippen LogP contribution in [0.2, 0.25) is 10.0 Å². The fraction of sp³-hybridized carbons (Fsp3) is 0.417. The van der Waals surface area contributed by atoms with Crippen LogP contribution in [0.4, 0.5) is 8.78 Å². The first-order valence-corrected chi connectivity index (χ1v) is 16.1. The normalized spacial score (nSPS) is 26.9. The quantitative estimate of drug-likeness (QED) is 0.208. The number of fused-ring (bicyclic) bond motifs is 1. The lowest BCUT2D eigenvalue weighted by molar-refractivity contribution is -0.152. The van der Waals surface area contributed by atoms with Gasteiger partial charge in [-0.15, -0.1) is 0 Å². The number of rotatable bonds is 7.